The summed E-state index contributed by atoms with van der Waals surface area (Å²) in [4.78, 5) is 11.7. The fourth-order valence-corrected chi connectivity index (χ4v) is 2.94. The Morgan fingerprint density at radius 2 is 1.96 bits per heavy atom. The lowest BCUT2D eigenvalue weighted by Crippen LogP contribution is -2.10. The fourth-order valence-electron chi connectivity index (χ4n) is 2.94. The molecule has 0 bridgehead atoms. The molecule has 0 heterocycles. The van der Waals surface area contributed by atoms with Crippen molar-refractivity contribution in [2.45, 2.75) is 52.1 Å². The zero-order valence-electron chi connectivity index (χ0n) is 15.2. The molecule has 0 unspecified atom stereocenters. The molecular formula is C21H21F3O3. The van der Waals surface area contributed by atoms with Crippen molar-refractivity contribution in [3.05, 3.63) is 58.4 Å². The smallest absolute Gasteiger partial charge is 0.310 e. The second-order valence-electron chi connectivity index (χ2n) is 6.65. The third-order valence-corrected chi connectivity index (χ3v) is 4.60. The lowest BCUT2D eigenvalue weighted by Gasteiger charge is -2.17. The highest BCUT2D eigenvalue weighted by Crippen LogP contribution is 2.44. The van der Waals surface area contributed by atoms with Gasteiger partial charge in [0.05, 0.1) is 5.56 Å². The van der Waals surface area contributed by atoms with E-state index in [2.05, 4.69) is 0 Å². The maximum Gasteiger partial charge on any atom is 0.310 e. The van der Waals surface area contributed by atoms with Crippen LogP contribution in [0.4, 0.5) is 13.2 Å². The number of rotatable bonds is 7. The van der Waals surface area contributed by atoms with Gasteiger partial charge in [-0.15, -0.1) is 0 Å². The molecule has 0 atom stereocenters. The van der Waals surface area contributed by atoms with Crippen LogP contribution in [0.15, 0.2) is 30.3 Å². The summed E-state index contributed by atoms with van der Waals surface area (Å²) in [5.74, 6) is -0.501. The van der Waals surface area contributed by atoms with Gasteiger partial charge in [-0.2, -0.15) is 0 Å². The predicted molar refractivity (Wildman–Crippen MR) is 94.8 cm³/mol. The fraction of sp³-hybridized carbons (Fsp3) is 0.381. The number of halogens is 3. The summed E-state index contributed by atoms with van der Waals surface area (Å²) in [6.07, 6.45) is -0.540. The molecule has 0 amide bonds. The first-order valence-electron chi connectivity index (χ1n) is 8.94. The molecule has 1 aliphatic carbocycles. The largest absolute Gasteiger partial charge is 0.488 e. The van der Waals surface area contributed by atoms with Crippen LogP contribution in [0.5, 0.6) is 11.5 Å². The van der Waals surface area contributed by atoms with Crippen LogP contribution in [0.1, 0.15) is 60.8 Å². The van der Waals surface area contributed by atoms with E-state index in [4.69, 9.17) is 9.47 Å². The number of carbonyl (C=O) groups is 1. The number of esters is 1. The summed E-state index contributed by atoms with van der Waals surface area (Å²) in [5, 5.41) is 0. The van der Waals surface area contributed by atoms with Gasteiger partial charge in [0.25, 0.3) is 6.43 Å². The van der Waals surface area contributed by atoms with Gasteiger partial charge in [-0.25, -0.2) is 13.2 Å². The maximum absolute atomic E-state index is 13.9. The Balaban J connectivity index is 1.91. The summed E-state index contributed by atoms with van der Waals surface area (Å²) in [6.45, 7) is 3.03. The van der Waals surface area contributed by atoms with E-state index in [-0.39, 0.29) is 35.9 Å². The summed E-state index contributed by atoms with van der Waals surface area (Å²) in [6, 6.07) is 7.45. The van der Waals surface area contributed by atoms with Crippen molar-refractivity contribution in [1.82, 2.24) is 0 Å². The SMILES string of the molecule is CCC(=O)Oc1cccc(C2CC2)c1COc1cc(F)c(C)cc1C(F)F. The van der Waals surface area contributed by atoms with E-state index in [0.717, 1.165) is 30.5 Å². The lowest BCUT2D eigenvalue weighted by atomic mass is 10.0. The first kappa shape index (κ1) is 19.3. The first-order chi connectivity index (χ1) is 12.9. The normalized spacial score (nSPS) is 13.7. The molecule has 3 rings (SSSR count). The lowest BCUT2D eigenvalue weighted by molar-refractivity contribution is -0.134. The van der Waals surface area contributed by atoms with Crippen molar-refractivity contribution in [2.24, 2.45) is 0 Å². The second kappa shape index (κ2) is 8.03. The van der Waals surface area contributed by atoms with Crippen molar-refractivity contribution in [2.75, 3.05) is 0 Å². The zero-order valence-corrected chi connectivity index (χ0v) is 15.2. The Hall–Kier alpha value is -2.50. The number of aryl methyl sites for hydroxylation is 1. The Morgan fingerprint density at radius 1 is 1.22 bits per heavy atom. The van der Waals surface area contributed by atoms with E-state index in [1.807, 2.05) is 6.07 Å². The number of ether oxygens (including phenoxy) is 2. The molecule has 0 N–H and O–H groups in total. The van der Waals surface area contributed by atoms with Crippen LogP contribution >= 0.6 is 0 Å². The number of benzene rings is 2. The molecule has 6 heteroatoms. The van der Waals surface area contributed by atoms with Gasteiger partial charge in [0.15, 0.2) is 0 Å². The van der Waals surface area contributed by atoms with Crippen molar-refractivity contribution < 1.29 is 27.4 Å². The van der Waals surface area contributed by atoms with E-state index in [9.17, 15) is 18.0 Å². The third kappa shape index (κ3) is 4.43. The van der Waals surface area contributed by atoms with Crippen LogP contribution in [0.25, 0.3) is 0 Å². The van der Waals surface area contributed by atoms with Crippen molar-refractivity contribution in [3.63, 3.8) is 0 Å². The molecule has 27 heavy (non-hydrogen) atoms. The Morgan fingerprint density at radius 3 is 2.59 bits per heavy atom. The summed E-state index contributed by atoms with van der Waals surface area (Å²) >= 11 is 0. The number of hydrogen-bond donors (Lipinski definition) is 0. The van der Waals surface area contributed by atoms with Gasteiger partial charge in [-0.1, -0.05) is 19.1 Å². The Kier molecular flexibility index (Phi) is 5.73. The van der Waals surface area contributed by atoms with E-state index in [1.165, 1.54) is 6.92 Å². The number of carbonyl (C=O) groups excluding carboxylic acids is 1. The average Bonchev–Trinajstić information content (AvgIpc) is 3.47. The van der Waals surface area contributed by atoms with Crippen molar-refractivity contribution in [3.8, 4) is 11.5 Å². The van der Waals surface area contributed by atoms with Gasteiger partial charge >= 0.3 is 5.97 Å². The highest BCUT2D eigenvalue weighted by atomic mass is 19.3. The van der Waals surface area contributed by atoms with Crippen LogP contribution in [0.3, 0.4) is 0 Å². The van der Waals surface area contributed by atoms with Crippen LogP contribution < -0.4 is 9.47 Å². The first-order valence-corrected chi connectivity index (χ1v) is 8.94. The summed E-state index contributed by atoms with van der Waals surface area (Å²) in [7, 11) is 0. The molecule has 3 nitrogen and oxygen atoms in total. The highest BCUT2D eigenvalue weighted by molar-refractivity contribution is 5.72. The number of hydrogen-bond acceptors (Lipinski definition) is 3. The molecule has 1 aliphatic rings. The van der Waals surface area contributed by atoms with Crippen LogP contribution in [-0.4, -0.2) is 5.97 Å². The molecule has 0 saturated heterocycles. The van der Waals surface area contributed by atoms with Gasteiger partial charge < -0.3 is 9.47 Å². The van der Waals surface area contributed by atoms with Gasteiger partial charge in [-0.05, 0) is 48.9 Å². The standard InChI is InChI=1S/C21H21F3O3/c1-3-20(25)27-18-6-4-5-14(13-7-8-13)16(18)11-26-19-10-17(22)12(2)9-15(19)21(23)24/h4-6,9-10,13,21H,3,7-8,11H2,1-2H3. The minimum atomic E-state index is -2.78. The van der Waals surface area contributed by atoms with Crippen LogP contribution in [0, 0.1) is 12.7 Å². The molecule has 0 aromatic heterocycles. The monoisotopic (exact) mass is 378 g/mol. The molecule has 144 valence electrons. The Bertz CT molecular complexity index is 845. The van der Waals surface area contributed by atoms with Gasteiger partial charge in [-0.3, -0.25) is 4.79 Å². The minimum absolute atomic E-state index is 0.0821. The zero-order chi connectivity index (χ0) is 19.6. The molecule has 2 aromatic carbocycles. The quantitative estimate of drug-likeness (QED) is 0.448. The molecule has 1 fully saturated rings. The summed E-state index contributed by atoms with van der Waals surface area (Å²) < 4.78 is 51.4. The van der Waals surface area contributed by atoms with Gasteiger partial charge in [0.2, 0.25) is 0 Å². The van der Waals surface area contributed by atoms with E-state index >= 15 is 0 Å². The summed E-state index contributed by atoms with van der Waals surface area (Å²) in [5.41, 5.74) is 1.39. The van der Waals surface area contributed by atoms with Crippen molar-refractivity contribution >= 4 is 5.97 Å². The van der Waals surface area contributed by atoms with E-state index in [1.54, 1.807) is 19.1 Å². The molecular weight excluding hydrogens is 357 g/mol. The minimum Gasteiger partial charge on any atom is -0.488 e. The van der Waals surface area contributed by atoms with Gasteiger partial charge in [0.1, 0.15) is 23.9 Å². The molecule has 0 aliphatic heterocycles. The van der Waals surface area contributed by atoms with E-state index in [0.29, 0.717) is 17.2 Å². The number of alkyl halides is 2. The third-order valence-electron chi connectivity index (χ3n) is 4.60. The van der Waals surface area contributed by atoms with Gasteiger partial charge in [0, 0.05) is 18.1 Å². The highest BCUT2D eigenvalue weighted by Gasteiger charge is 2.28. The molecule has 0 radical (unpaired) electrons. The topological polar surface area (TPSA) is 35.5 Å². The predicted octanol–water partition coefficient (Wildman–Crippen LogP) is 5.84. The molecule has 0 spiro atoms. The van der Waals surface area contributed by atoms with Crippen molar-refractivity contribution in [1.29, 1.82) is 0 Å². The molecule has 1 saturated carbocycles. The van der Waals surface area contributed by atoms with E-state index < -0.39 is 12.2 Å². The Labute approximate surface area is 156 Å². The maximum atomic E-state index is 13.9. The second-order valence-corrected chi connectivity index (χ2v) is 6.65. The van der Waals surface area contributed by atoms with Crippen LogP contribution in [-0.2, 0) is 11.4 Å². The van der Waals surface area contributed by atoms with Crippen LogP contribution in [0.2, 0.25) is 0 Å². The molecule has 2 aromatic rings. The average molecular weight is 378 g/mol.